The van der Waals surface area contributed by atoms with Gasteiger partial charge in [-0.3, -0.25) is 4.90 Å². The molecule has 0 spiro atoms. The second-order valence-electron chi connectivity index (χ2n) is 3.75. The number of thiazole rings is 1. The first-order chi connectivity index (χ1) is 7.65. The van der Waals surface area contributed by atoms with Gasteiger partial charge in [0.1, 0.15) is 5.76 Å². The summed E-state index contributed by atoms with van der Waals surface area (Å²) in [7, 11) is 2.07. The highest BCUT2D eigenvalue weighted by molar-refractivity contribution is 7.15. The van der Waals surface area contributed by atoms with Gasteiger partial charge < -0.3 is 4.42 Å². The van der Waals surface area contributed by atoms with E-state index >= 15 is 0 Å². The van der Waals surface area contributed by atoms with Crippen LogP contribution < -0.4 is 0 Å². The van der Waals surface area contributed by atoms with E-state index in [1.807, 2.05) is 19.2 Å². The predicted molar refractivity (Wildman–Crippen MR) is 65.7 cm³/mol. The highest BCUT2D eigenvalue weighted by Crippen LogP contribution is 2.20. The molecule has 0 saturated heterocycles. The fourth-order valence-electron chi connectivity index (χ4n) is 1.54. The second-order valence-corrected chi connectivity index (χ2v) is 5.45. The minimum atomic E-state index is 0.600. The summed E-state index contributed by atoms with van der Waals surface area (Å²) in [5.74, 6) is 0.981. The quantitative estimate of drug-likeness (QED) is 0.840. The molecule has 2 aromatic heterocycles. The highest BCUT2D eigenvalue weighted by Gasteiger charge is 2.07. The lowest BCUT2D eigenvalue weighted by Crippen LogP contribution is -2.16. The lowest BCUT2D eigenvalue weighted by atomic mass is 10.2. The summed E-state index contributed by atoms with van der Waals surface area (Å²) >= 11 is 7.31. The van der Waals surface area contributed by atoms with Crippen molar-refractivity contribution in [1.29, 1.82) is 0 Å². The summed E-state index contributed by atoms with van der Waals surface area (Å²) in [4.78, 5) is 7.41. The molecule has 16 heavy (non-hydrogen) atoms. The topological polar surface area (TPSA) is 29.3 Å². The molecule has 0 fully saturated rings. The van der Waals surface area contributed by atoms with Crippen molar-refractivity contribution in [3.05, 3.63) is 39.2 Å². The van der Waals surface area contributed by atoms with E-state index in [1.54, 1.807) is 6.26 Å². The highest BCUT2D eigenvalue weighted by atomic mass is 35.5. The van der Waals surface area contributed by atoms with E-state index < -0.39 is 0 Å². The van der Waals surface area contributed by atoms with Crippen LogP contribution in [0.1, 0.15) is 16.2 Å². The number of halogens is 1. The first-order valence-corrected chi connectivity index (χ1v) is 6.16. The Morgan fingerprint density at radius 2 is 2.31 bits per heavy atom. The molecule has 86 valence electrons. The Bertz CT molecular complexity index is 466. The van der Waals surface area contributed by atoms with E-state index in [0.29, 0.717) is 4.47 Å². The molecule has 0 aliphatic rings. The Morgan fingerprint density at radius 1 is 1.50 bits per heavy atom. The third kappa shape index (κ3) is 2.84. The Balaban J connectivity index is 1.94. The van der Waals surface area contributed by atoms with Crippen molar-refractivity contribution in [2.75, 3.05) is 7.05 Å². The van der Waals surface area contributed by atoms with Crippen LogP contribution in [0.4, 0.5) is 0 Å². The molecule has 0 N–H and O–H groups in total. The summed E-state index contributed by atoms with van der Waals surface area (Å²) in [6.07, 6.45) is 3.55. The van der Waals surface area contributed by atoms with Crippen molar-refractivity contribution in [2.24, 2.45) is 0 Å². The van der Waals surface area contributed by atoms with Gasteiger partial charge in [0.25, 0.3) is 0 Å². The van der Waals surface area contributed by atoms with E-state index in [4.69, 9.17) is 16.0 Å². The molecule has 0 unspecified atom stereocenters. The van der Waals surface area contributed by atoms with E-state index in [1.165, 1.54) is 21.8 Å². The Morgan fingerprint density at radius 3 is 2.88 bits per heavy atom. The molecule has 0 amide bonds. The van der Waals surface area contributed by atoms with Crippen LogP contribution in [0.15, 0.2) is 22.9 Å². The maximum absolute atomic E-state index is 5.79. The SMILES string of the molecule is Cc1occc1CN(C)Cc1cnc(Cl)s1. The zero-order valence-corrected chi connectivity index (χ0v) is 10.8. The molecule has 5 heteroatoms. The smallest absolute Gasteiger partial charge is 0.183 e. The molecule has 0 aliphatic carbocycles. The van der Waals surface area contributed by atoms with Crippen LogP contribution in [0.2, 0.25) is 4.47 Å². The van der Waals surface area contributed by atoms with Crippen molar-refractivity contribution in [3.63, 3.8) is 0 Å². The molecule has 0 bridgehead atoms. The minimum absolute atomic E-state index is 0.600. The molecular weight excluding hydrogens is 244 g/mol. The zero-order chi connectivity index (χ0) is 11.5. The van der Waals surface area contributed by atoms with Gasteiger partial charge in [0.05, 0.1) is 6.26 Å². The zero-order valence-electron chi connectivity index (χ0n) is 9.24. The molecule has 3 nitrogen and oxygen atoms in total. The number of furan rings is 1. The van der Waals surface area contributed by atoms with Crippen LogP contribution in [-0.4, -0.2) is 16.9 Å². The van der Waals surface area contributed by atoms with Crippen LogP contribution in [0.3, 0.4) is 0 Å². The van der Waals surface area contributed by atoms with E-state index in [-0.39, 0.29) is 0 Å². The van der Waals surface area contributed by atoms with Gasteiger partial charge in [0.15, 0.2) is 4.47 Å². The number of aromatic nitrogens is 1. The lowest BCUT2D eigenvalue weighted by molar-refractivity contribution is 0.319. The van der Waals surface area contributed by atoms with Crippen LogP contribution in [0.25, 0.3) is 0 Å². The largest absolute Gasteiger partial charge is 0.469 e. The van der Waals surface area contributed by atoms with Gasteiger partial charge >= 0.3 is 0 Å². The summed E-state index contributed by atoms with van der Waals surface area (Å²) in [6, 6.07) is 2.01. The van der Waals surface area contributed by atoms with Crippen molar-refractivity contribution in [3.8, 4) is 0 Å². The average Bonchev–Trinajstić information content (AvgIpc) is 2.77. The van der Waals surface area contributed by atoms with Crippen LogP contribution >= 0.6 is 22.9 Å². The fourth-order valence-corrected chi connectivity index (χ4v) is 2.60. The van der Waals surface area contributed by atoms with Crippen molar-refractivity contribution in [2.45, 2.75) is 20.0 Å². The molecule has 2 aromatic rings. The third-order valence-corrected chi connectivity index (χ3v) is 3.46. The van der Waals surface area contributed by atoms with Crippen molar-refractivity contribution < 1.29 is 4.42 Å². The van der Waals surface area contributed by atoms with Gasteiger partial charge in [-0.2, -0.15) is 0 Å². The Hall–Kier alpha value is -0.840. The van der Waals surface area contributed by atoms with Gasteiger partial charge in [-0.05, 0) is 20.0 Å². The van der Waals surface area contributed by atoms with Crippen molar-refractivity contribution in [1.82, 2.24) is 9.88 Å². The van der Waals surface area contributed by atoms with Crippen LogP contribution in [0.5, 0.6) is 0 Å². The van der Waals surface area contributed by atoms with Gasteiger partial charge in [0, 0.05) is 29.7 Å². The molecular formula is C11H13ClN2OS. The lowest BCUT2D eigenvalue weighted by Gasteiger charge is -2.14. The number of nitrogens with zero attached hydrogens (tertiary/aromatic N) is 2. The summed E-state index contributed by atoms with van der Waals surface area (Å²) in [6.45, 7) is 3.71. The normalized spacial score (nSPS) is 11.2. The molecule has 0 saturated carbocycles. The number of hydrogen-bond donors (Lipinski definition) is 0. The average molecular weight is 257 g/mol. The van der Waals surface area contributed by atoms with Crippen LogP contribution in [0, 0.1) is 6.92 Å². The van der Waals surface area contributed by atoms with Crippen molar-refractivity contribution >= 4 is 22.9 Å². The summed E-state index contributed by atoms with van der Waals surface area (Å²) < 4.78 is 5.86. The molecule has 0 aromatic carbocycles. The maximum atomic E-state index is 5.79. The van der Waals surface area contributed by atoms with Gasteiger partial charge in [0.2, 0.25) is 0 Å². The Kier molecular flexibility index (Phi) is 3.63. The minimum Gasteiger partial charge on any atom is -0.469 e. The molecule has 0 radical (unpaired) electrons. The van der Waals surface area contributed by atoms with Gasteiger partial charge in [-0.15, -0.1) is 11.3 Å². The van der Waals surface area contributed by atoms with E-state index in [9.17, 15) is 0 Å². The number of aryl methyl sites for hydroxylation is 1. The Labute approximate surface area is 104 Å². The standard InChI is InChI=1S/C11H13ClN2OS/c1-8-9(3-4-15-8)6-14(2)7-10-5-13-11(12)16-10/h3-5H,6-7H2,1-2H3. The molecule has 2 heterocycles. The van der Waals surface area contributed by atoms with Gasteiger partial charge in [-0.25, -0.2) is 4.98 Å². The van der Waals surface area contributed by atoms with Gasteiger partial charge in [-0.1, -0.05) is 11.6 Å². The molecule has 0 aliphatic heterocycles. The first kappa shape index (κ1) is 11.6. The maximum Gasteiger partial charge on any atom is 0.183 e. The van der Waals surface area contributed by atoms with E-state index in [0.717, 1.165) is 18.8 Å². The fraction of sp³-hybridized carbons (Fsp3) is 0.364. The molecule has 0 atom stereocenters. The predicted octanol–water partition coefficient (Wildman–Crippen LogP) is 3.33. The third-order valence-electron chi connectivity index (χ3n) is 2.36. The number of rotatable bonds is 4. The summed E-state index contributed by atoms with van der Waals surface area (Å²) in [5, 5.41) is 0. The monoisotopic (exact) mass is 256 g/mol. The van der Waals surface area contributed by atoms with E-state index in [2.05, 4.69) is 16.9 Å². The second kappa shape index (κ2) is 4.99. The molecule has 2 rings (SSSR count). The van der Waals surface area contributed by atoms with Crippen LogP contribution in [-0.2, 0) is 13.1 Å². The first-order valence-electron chi connectivity index (χ1n) is 4.97. The number of hydrogen-bond acceptors (Lipinski definition) is 4. The summed E-state index contributed by atoms with van der Waals surface area (Å²) in [5.41, 5.74) is 1.22.